The highest BCUT2D eigenvalue weighted by Crippen LogP contribution is 2.37. The SMILES string of the molecule is CCOC(=O)c1c2c(c(O)c3ccccc3c(O)n(Cc3ccccc3)c1C)C(=O)C=CC2=O. The Morgan fingerprint density at radius 1 is 0.882 bits per heavy atom. The summed E-state index contributed by atoms with van der Waals surface area (Å²) in [5, 5.41) is 23.0. The predicted octanol–water partition coefficient (Wildman–Crippen LogP) is 4.65. The number of fused-ring (bicyclic) bond motifs is 2. The second-order valence-corrected chi connectivity index (χ2v) is 7.78. The van der Waals surface area contributed by atoms with Gasteiger partial charge in [0, 0.05) is 16.5 Å². The molecule has 1 aliphatic rings. The molecule has 0 spiro atoms. The van der Waals surface area contributed by atoms with Crippen LogP contribution >= 0.6 is 0 Å². The average Bonchev–Trinajstić information content (AvgIpc) is 2.87. The van der Waals surface area contributed by atoms with Crippen LogP contribution < -0.4 is 0 Å². The van der Waals surface area contributed by atoms with E-state index in [1.165, 1.54) is 10.6 Å². The first kappa shape index (κ1) is 22.8. The highest BCUT2D eigenvalue weighted by atomic mass is 16.5. The van der Waals surface area contributed by atoms with Crippen molar-refractivity contribution >= 4 is 28.3 Å². The summed E-state index contributed by atoms with van der Waals surface area (Å²) < 4.78 is 6.71. The minimum atomic E-state index is -0.839. The van der Waals surface area contributed by atoms with Gasteiger partial charge in [0.05, 0.1) is 29.8 Å². The molecule has 0 amide bonds. The van der Waals surface area contributed by atoms with Gasteiger partial charge in [0.2, 0.25) is 0 Å². The number of nitrogens with zero attached hydrogens (tertiary/aromatic N) is 1. The number of hydrogen-bond donors (Lipinski definition) is 2. The van der Waals surface area contributed by atoms with Gasteiger partial charge >= 0.3 is 5.97 Å². The summed E-state index contributed by atoms with van der Waals surface area (Å²) in [6, 6.07) is 15.7. The molecule has 2 N–H and O–H groups in total. The third kappa shape index (κ3) is 3.92. The van der Waals surface area contributed by atoms with Crippen molar-refractivity contribution < 1.29 is 29.3 Å². The van der Waals surface area contributed by atoms with Gasteiger partial charge in [0.15, 0.2) is 17.4 Å². The molecule has 1 aromatic heterocycles. The second-order valence-electron chi connectivity index (χ2n) is 7.78. The Labute approximate surface area is 195 Å². The Morgan fingerprint density at radius 2 is 1.47 bits per heavy atom. The third-order valence-corrected chi connectivity index (χ3v) is 5.72. The molecule has 34 heavy (non-hydrogen) atoms. The number of hydrogen-bond acceptors (Lipinski definition) is 6. The van der Waals surface area contributed by atoms with Crippen molar-refractivity contribution in [3.8, 4) is 11.6 Å². The van der Waals surface area contributed by atoms with Gasteiger partial charge in [-0.2, -0.15) is 0 Å². The Kier molecular flexibility index (Phi) is 6.19. The third-order valence-electron chi connectivity index (χ3n) is 5.72. The van der Waals surface area contributed by atoms with Crippen molar-refractivity contribution in [3.63, 3.8) is 0 Å². The molecule has 2 aromatic carbocycles. The number of allylic oxidation sites excluding steroid dienone is 2. The molecule has 0 bridgehead atoms. The molecule has 0 unspecified atom stereocenters. The zero-order valence-corrected chi connectivity index (χ0v) is 18.7. The van der Waals surface area contributed by atoms with Gasteiger partial charge in [-0.25, -0.2) is 4.79 Å². The van der Waals surface area contributed by atoms with Crippen molar-refractivity contribution in [3.05, 3.63) is 94.7 Å². The Hall–Kier alpha value is -4.39. The van der Waals surface area contributed by atoms with E-state index in [1.54, 1.807) is 32.0 Å². The Morgan fingerprint density at radius 3 is 2.12 bits per heavy atom. The van der Waals surface area contributed by atoms with Crippen LogP contribution in [0, 0.1) is 6.92 Å². The van der Waals surface area contributed by atoms with E-state index in [4.69, 9.17) is 4.74 Å². The van der Waals surface area contributed by atoms with Crippen LogP contribution in [0.2, 0.25) is 0 Å². The van der Waals surface area contributed by atoms with Crippen molar-refractivity contribution in [1.82, 2.24) is 4.57 Å². The van der Waals surface area contributed by atoms with Crippen LogP contribution in [0.15, 0.2) is 66.7 Å². The Bertz CT molecular complexity index is 1410. The number of aromatic hydroxyl groups is 2. The molecular weight excluding hydrogens is 434 g/mol. The van der Waals surface area contributed by atoms with Crippen molar-refractivity contribution in [1.29, 1.82) is 0 Å². The van der Waals surface area contributed by atoms with E-state index in [0.29, 0.717) is 0 Å². The fraction of sp³-hybridized carbons (Fsp3) is 0.148. The molecule has 7 nitrogen and oxygen atoms in total. The van der Waals surface area contributed by atoms with Gasteiger partial charge in [0.1, 0.15) is 5.75 Å². The average molecular weight is 457 g/mol. The molecule has 1 heterocycles. The van der Waals surface area contributed by atoms with Crippen molar-refractivity contribution in [2.45, 2.75) is 20.4 Å². The van der Waals surface area contributed by atoms with E-state index in [-0.39, 0.29) is 52.2 Å². The lowest BCUT2D eigenvalue weighted by Crippen LogP contribution is -2.20. The van der Waals surface area contributed by atoms with Crippen LogP contribution in [0.3, 0.4) is 0 Å². The van der Waals surface area contributed by atoms with Gasteiger partial charge in [0.25, 0.3) is 0 Å². The van der Waals surface area contributed by atoms with E-state index < -0.39 is 23.3 Å². The van der Waals surface area contributed by atoms with Crippen LogP contribution in [0.25, 0.3) is 10.8 Å². The maximum absolute atomic E-state index is 13.2. The number of benzene rings is 2. The number of ether oxygens (including phenoxy) is 1. The minimum Gasteiger partial charge on any atom is -0.506 e. The van der Waals surface area contributed by atoms with E-state index in [0.717, 1.165) is 17.7 Å². The highest BCUT2D eigenvalue weighted by Gasteiger charge is 2.31. The van der Waals surface area contributed by atoms with Crippen molar-refractivity contribution in [2.75, 3.05) is 6.61 Å². The van der Waals surface area contributed by atoms with Crippen LogP contribution in [-0.2, 0) is 11.3 Å². The molecule has 0 saturated heterocycles. The summed E-state index contributed by atoms with van der Waals surface area (Å²) in [7, 11) is 0. The van der Waals surface area contributed by atoms with Gasteiger partial charge < -0.3 is 19.5 Å². The molecular formula is C27H23NO6. The summed E-state index contributed by atoms with van der Waals surface area (Å²) in [6.45, 7) is 3.37. The summed E-state index contributed by atoms with van der Waals surface area (Å²) in [6.07, 6.45) is 2.12. The molecule has 1 aliphatic carbocycles. The lowest BCUT2D eigenvalue weighted by molar-refractivity contribution is 0.0521. The zero-order chi connectivity index (χ0) is 24.4. The van der Waals surface area contributed by atoms with E-state index >= 15 is 0 Å². The predicted molar refractivity (Wildman–Crippen MR) is 127 cm³/mol. The van der Waals surface area contributed by atoms with Gasteiger partial charge in [-0.3, -0.25) is 9.59 Å². The highest BCUT2D eigenvalue weighted by molar-refractivity contribution is 6.26. The number of carbonyl (C=O) groups is 3. The summed E-state index contributed by atoms with van der Waals surface area (Å²) in [5.41, 5.74) is 0.261. The first-order chi connectivity index (χ1) is 16.3. The van der Waals surface area contributed by atoms with Gasteiger partial charge in [-0.15, -0.1) is 0 Å². The van der Waals surface area contributed by atoms with E-state index in [9.17, 15) is 24.6 Å². The van der Waals surface area contributed by atoms with Crippen molar-refractivity contribution in [2.24, 2.45) is 0 Å². The molecule has 7 heteroatoms. The van der Waals surface area contributed by atoms with Crippen LogP contribution in [0.5, 0.6) is 11.6 Å². The normalized spacial score (nSPS) is 12.4. The smallest absolute Gasteiger partial charge is 0.340 e. The standard InChI is InChI=1S/C27H23NO6/c1-3-34-27(33)22-16(2)28(15-17-9-5-4-6-10-17)26(32)19-12-8-7-11-18(19)25(31)24-21(30)14-13-20(29)23(22)24/h4-14,31-32H,3,15H2,1-2H3. The van der Waals surface area contributed by atoms with E-state index in [1.807, 2.05) is 30.3 Å². The topological polar surface area (TPSA) is 106 Å². The fourth-order valence-electron chi connectivity index (χ4n) is 4.10. The molecule has 0 atom stereocenters. The summed E-state index contributed by atoms with van der Waals surface area (Å²) >= 11 is 0. The molecule has 0 aliphatic heterocycles. The number of carbonyl (C=O) groups excluding carboxylic acids is 3. The van der Waals surface area contributed by atoms with Crippen LogP contribution in [0.4, 0.5) is 0 Å². The molecule has 0 fully saturated rings. The largest absolute Gasteiger partial charge is 0.506 e. The monoisotopic (exact) mass is 457 g/mol. The maximum Gasteiger partial charge on any atom is 0.340 e. The second kappa shape index (κ2) is 9.23. The van der Waals surface area contributed by atoms with E-state index in [2.05, 4.69) is 0 Å². The van der Waals surface area contributed by atoms with Crippen LogP contribution in [0.1, 0.15) is 49.3 Å². The number of rotatable bonds is 4. The van der Waals surface area contributed by atoms with Gasteiger partial charge in [-0.05, 0) is 37.6 Å². The summed E-state index contributed by atoms with van der Waals surface area (Å²) in [5.74, 6) is -2.85. The maximum atomic E-state index is 13.2. The lowest BCUT2D eigenvalue weighted by atomic mass is 9.90. The first-order valence-corrected chi connectivity index (χ1v) is 10.8. The van der Waals surface area contributed by atoms with Crippen LogP contribution in [-0.4, -0.2) is 38.9 Å². The lowest BCUT2D eigenvalue weighted by Gasteiger charge is -2.17. The number of esters is 1. The zero-order valence-electron chi connectivity index (χ0n) is 18.7. The Balaban J connectivity index is 2.29. The quantitative estimate of drug-likeness (QED) is 0.553. The first-order valence-electron chi connectivity index (χ1n) is 10.8. The number of ketones is 2. The molecule has 4 rings (SSSR count). The molecule has 172 valence electrons. The van der Waals surface area contributed by atoms with Gasteiger partial charge in [-0.1, -0.05) is 48.5 Å². The summed E-state index contributed by atoms with van der Waals surface area (Å²) in [4.78, 5) is 39.2. The fourth-order valence-corrected chi connectivity index (χ4v) is 4.10. The molecule has 3 aromatic rings. The number of aromatic nitrogens is 1. The molecule has 0 radical (unpaired) electrons. The molecule has 0 saturated carbocycles. The minimum absolute atomic E-state index is 0.0283.